The fourth-order valence-corrected chi connectivity index (χ4v) is 4.93. The third-order valence-corrected chi connectivity index (χ3v) is 7.16. The van der Waals surface area contributed by atoms with Crippen LogP contribution in [-0.2, 0) is 27.7 Å². The van der Waals surface area contributed by atoms with Gasteiger partial charge in [-0.15, -0.1) is 0 Å². The summed E-state index contributed by atoms with van der Waals surface area (Å²) in [4.78, 5) is 13.0. The van der Waals surface area contributed by atoms with Gasteiger partial charge in [0.2, 0.25) is 5.91 Å². The second-order valence-corrected chi connectivity index (χ2v) is 9.70. The fraction of sp³-hybridized carbons (Fsp3) is 0.269. The number of rotatable bonds is 10. The summed E-state index contributed by atoms with van der Waals surface area (Å²) >= 11 is 0. The van der Waals surface area contributed by atoms with Crippen LogP contribution in [0.1, 0.15) is 31.4 Å². The molecule has 1 N–H and O–H groups in total. The third-order valence-electron chi connectivity index (χ3n) is 5.37. The minimum absolute atomic E-state index is 0.0774. The van der Waals surface area contributed by atoms with E-state index >= 15 is 0 Å². The minimum atomic E-state index is -3.89. The summed E-state index contributed by atoms with van der Waals surface area (Å²) in [5.74, 6) is -0.329. The molecule has 3 aromatic rings. The molecular weight excluding hydrogens is 420 g/mol. The van der Waals surface area contributed by atoms with Crippen LogP contribution in [0.2, 0.25) is 0 Å². The number of hydrogen-bond donors (Lipinski definition) is 1. The molecule has 0 fully saturated rings. The number of benzene rings is 3. The first-order chi connectivity index (χ1) is 15.4. The van der Waals surface area contributed by atoms with Crippen LogP contribution in [-0.4, -0.2) is 26.9 Å². The SMILES string of the molecule is CCc1ccc(N(CC(=O)N[C@@H](C)CCc2ccccc2)S(=O)(=O)c2ccccc2)cc1. The number of hydrogen-bond acceptors (Lipinski definition) is 3. The maximum atomic E-state index is 13.4. The Morgan fingerprint density at radius 3 is 2.06 bits per heavy atom. The van der Waals surface area contributed by atoms with Gasteiger partial charge in [-0.3, -0.25) is 9.10 Å². The number of nitrogens with one attached hydrogen (secondary N) is 1. The lowest BCUT2D eigenvalue weighted by Crippen LogP contribution is -2.43. The average molecular weight is 451 g/mol. The zero-order valence-electron chi connectivity index (χ0n) is 18.6. The smallest absolute Gasteiger partial charge is 0.264 e. The number of aryl methyl sites for hydroxylation is 2. The van der Waals surface area contributed by atoms with Crippen molar-refractivity contribution in [3.63, 3.8) is 0 Å². The molecule has 32 heavy (non-hydrogen) atoms. The molecule has 6 heteroatoms. The van der Waals surface area contributed by atoms with Gasteiger partial charge in [0.25, 0.3) is 10.0 Å². The topological polar surface area (TPSA) is 66.5 Å². The summed E-state index contributed by atoms with van der Waals surface area (Å²) in [6.45, 7) is 3.70. The molecule has 168 valence electrons. The predicted octanol–water partition coefficient (Wildman–Crippen LogP) is 4.58. The molecule has 0 saturated carbocycles. The Labute approximate surface area is 191 Å². The molecule has 0 aliphatic carbocycles. The van der Waals surface area contributed by atoms with Crippen LogP contribution < -0.4 is 9.62 Å². The molecule has 0 spiro atoms. The van der Waals surface area contributed by atoms with Gasteiger partial charge in [0.1, 0.15) is 6.54 Å². The molecule has 5 nitrogen and oxygen atoms in total. The molecule has 0 heterocycles. The normalized spacial score (nSPS) is 12.2. The van der Waals surface area contributed by atoms with Gasteiger partial charge in [-0.05, 0) is 61.6 Å². The van der Waals surface area contributed by atoms with E-state index in [-0.39, 0.29) is 23.4 Å². The lowest BCUT2D eigenvalue weighted by atomic mass is 10.1. The van der Waals surface area contributed by atoms with Gasteiger partial charge >= 0.3 is 0 Å². The second-order valence-electron chi connectivity index (χ2n) is 7.84. The summed E-state index contributed by atoms with van der Waals surface area (Å²) in [6.07, 6.45) is 2.46. The first-order valence-corrected chi connectivity index (χ1v) is 12.3. The van der Waals surface area contributed by atoms with Crippen molar-refractivity contribution in [2.24, 2.45) is 0 Å². The minimum Gasteiger partial charge on any atom is -0.352 e. The van der Waals surface area contributed by atoms with E-state index in [1.54, 1.807) is 42.5 Å². The highest BCUT2D eigenvalue weighted by Crippen LogP contribution is 2.24. The fourth-order valence-electron chi connectivity index (χ4n) is 3.48. The zero-order valence-corrected chi connectivity index (χ0v) is 19.4. The third kappa shape index (κ3) is 6.20. The first kappa shape index (κ1) is 23.5. The highest BCUT2D eigenvalue weighted by Gasteiger charge is 2.27. The Morgan fingerprint density at radius 1 is 0.875 bits per heavy atom. The molecule has 0 aliphatic heterocycles. The van der Waals surface area contributed by atoms with E-state index in [0.717, 1.165) is 24.8 Å². The van der Waals surface area contributed by atoms with E-state index < -0.39 is 10.0 Å². The second kappa shape index (κ2) is 11.0. The van der Waals surface area contributed by atoms with E-state index in [4.69, 9.17) is 0 Å². The Morgan fingerprint density at radius 2 is 1.47 bits per heavy atom. The first-order valence-electron chi connectivity index (χ1n) is 10.9. The lowest BCUT2D eigenvalue weighted by molar-refractivity contribution is -0.120. The molecule has 0 bridgehead atoms. The highest BCUT2D eigenvalue weighted by molar-refractivity contribution is 7.92. The van der Waals surface area contributed by atoms with E-state index in [2.05, 4.69) is 17.4 Å². The van der Waals surface area contributed by atoms with Crippen LogP contribution in [0.3, 0.4) is 0 Å². The van der Waals surface area contributed by atoms with Crippen molar-refractivity contribution < 1.29 is 13.2 Å². The van der Waals surface area contributed by atoms with Crippen molar-refractivity contribution in [2.75, 3.05) is 10.8 Å². The summed E-state index contributed by atoms with van der Waals surface area (Å²) in [6, 6.07) is 25.5. The molecule has 0 aromatic heterocycles. The Hall–Kier alpha value is -3.12. The summed E-state index contributed by atoms with van der Waals surface area (Å²) < 4.78 is 27.9. The van der Waals surface area contributed by atoms with Gasteiger partial charge in [0.15, 0.2) is 0 Å². The van der Waals surface area contributed by atoms with Crippen LogP contribution in [0.25, 0.3) is 0 Å². The van der Waals surface area contributed by atoms with Crippen LogP contribution in [0.4, 0.5) is 5.69 Å². The monoisotopic (exact) mass is 450 g/mol. The number of sulfonamides is 1. The van der Waals surface area contributed by atoms with Gasteiger partial charge in [0, 0.05) is 6.04 Å². The Balaban J connectivity index is 1.75. The molecule has 3 rings (SSSR count). The molecule has 1 amide bonds. The summed E-state index contributed by atoms with van der Waals surface area (Å²) in [5.41, 5.74) is 2.78. The van der Waals surface area contributed by atoms with Gasteiger partial charge in [-0.25, -0.2) is 8.42 Å². The van der Waals surface area contributed by atoms with Gasteiger partial charge in [-0.2, -0.15) is 0 Å². The number of carbonyl (C=O) groups is 1. The maximum absolute atomic E-state index is 13.4. The van der Waals surface area contributed by atoms with E-state index in [9.17, 15) is 13.2 Å². The largest absolute Gasteiger partial charge is 0.352 e. The van der Waals surface area contributed by atoms with Crippen LogP contribution in [0.5, 0.6) is 0 Å². The van der Waals surface area contributed by atoms with Crippen molar-refractivity contribution in [3.8, 4) is 0 Å². The van der Waals surface area contributed by atoms with Crippen LogP contribution >= 0.6 is 0 Å². The average Bonchev–Trinajstić information content (AvgIpc) is 2.82. The van der Waals surface area contributed by atoms with Gasteiger partial charge in [0.05, 0.1) is 10.6 Å². The number of nitrogens with zero attached hydrogens (tertiary/aromatic N) is 1. The zero-order chi connectivity index (χ0) is 23.0. The standard InChI is InChI=1S/C26H30N2O3S/c1-3-22-16-18-24(19-17-22)28(32(30,31)25-12-8-5-9-13-25)20-26(29)27-21(2)14-15-23-10-6-4-7-11-23/h4-13,16-19,21H,3,14-15,20H2,1-2H3,(H,27,29)/t21-/m0/s1. The summed E-state index contributed by atoms with van der Waals surface area (Å²) in [5, 5.41) is 2.95. The van der Waals surface area contributed by atoms with E-state index in [1.807, 2.05) is 44.2 Å². The lowest BCUT2D eigenvalue weighted by Gasteiger charge is -2.25. The van der Waals surface area contributed by atoms with E-state index in [0.29, 0.717) is 5.69 Å². The van der Waals surface area contributed by atoms with Crippen molar-refractivity contribution in [1.29, 1.82) is 0 Å². The molecule has 3 aromatic carbocycles. The number of carbonyl (C=O) groups excluding carboxylic acids is 1. The number of amides is 1. The molecule has 0 saturated heterocycles. The number of anilines is 1. The molecule has 1 atom stereocenters. The van der Waals surface area contributed by atoms with Crippen molar-refractivity contribution in [2.45, 2.75) is 44.0 Å². The van der Waals surface area contributed by atoms with Gasteiger partial charge in [-0.1, -0.05) is 67.6 Å². The van der Waals surface area contributed by atoms with Crippen molar-refractivity contribution >= 4 is 21.6 Å². The van der Waals surface area contributed by atoms with Crippen molar-refractivity contribution in [1.82, 2.24) is 5.32 Å². The molecule has 0 radical (unpaired) electrons. The highest BCUT2D eigenvalue weighted by atomic mass is 32.2. The van der Waals surface area contributed by atoms with E-state index in [1.165, 1.54) is 9.87 Å². The summed E-state index contributed by atoms with van der Waals surface area (Å²) in [7, 11) is -3.89. The quantitative estimate of drug-likeness (QED) is 0.492. The van der Waals surface area contributed by atoms with Gasteiger partial charge < -0.3 is 5.32 Å². The van der Waals surface area contributed by atoms with Crippen LogP contribution in [0, 0.1) is 0 Å². The maximum Gasteiger partial charge on any atom is 0.264 e. The Kier molecular flexibility index (Phi) is 8.06. The molecule has 0 aliphatic rings. The molecular formula is C26H30N2O3S. The predicted molar refractivity (Wildman–Crippen MR) is 129 cm³/mol. The Bertz CT molecular complexity index is 1100. The van der Waals surface area contributed by atoms with Crippen molar-refractivity contribution in [3.05, 3.63) is 96.1 Å². The molecule has 0 unspecified atom stereocenters. The van der Waals surface area contributed by atoms with Crippen LogP contribution in [0.15, 0.2) is 89.8 Å².